The zero-order valence-electron chi connectivity index (χ0n) is 14.9. The molecule has 1 amide bonds. The van der Waals surface area contributed by atoms with Crippen molar-refractivity contribution in [3.63, 3.8) is 0 Å². The number of pyridine rings is 1. The van der Waals surface area contributed by atoms with Gasteiger partial charge in [0.1, 0.15) is 11.6 Å². The molecule has 0 fully saturated rings. The second-order valence-electron chi connectivity index (χ2n) is 6.25. The van der Waals surface area contributed by atoms with Gasteiger partial charge in [0.25, 0.3) is 5.91 Å². The van der Waals surface area contributed by atoms with Gasteiger partial charge in [-0.1, -0.05) is 24.3 Å². The van der Waals surface area contributed by atoms with Gasteiger partial charge in [0, 0.05) is 30.4 Å². The minimum Gasteiger partial charge on any atom is -0.454 e. The zero-order chi connectivity index (χ0) is 19.3. The van der Waals surface area contributed by atoms with Crippen LogP contribution in [0.5, 0.6) is 11.5 Å². The van der Waals surface area contributed by atoms with Crippen LogP contribution in [-0.2, 0) is 13.1 Å². The van der Waals surface area contributed by atoms with Gasteiger partial charge in [0.15, 0.2) is 11.5 Å². The van der Waals surface area contributed by atoms with E-state index < -0.39 is 0 Å². The van der Waals surface area contributed by atoms with Crippen LogP contribution in [0.15, 0.2) is 60.8 Å². The van der Waals surface area contributed by atoms with E-state index in [9.17, 15) is 9.18 Å². The molecule has 0 radical (unpaired) electrons. The van der Waals surface area contributed by atoms with Crippen molar-refractivity contribution in [2.24, 2.45) is 0 Å². The fraction of sp³-hybridized carbons (Fsp3) is 0.143. The van der Waals surface area contributed by atoms with Gasteiger partial charge < -0.3 is 20.1 Å². The molecule has 1 aliphatic rings. The molecule has 7 heteroatoms. The second kappa shape index (κ2) is 7.96. The highest BCUT2D eigenvalue weighted by Gasteiger charge is 2.14. The molecule has 2 heterocycles. The Bertz CT molecular complexity index is 1010. The number of hydrogen-bond donors (Lipinski definition) is 2. The monoisotopic (exact) mass is 379 g/mol. The third-order valence-electron chi connectivity index (χ3n) is 4.33. The smallest absolute Gasteiger partial charge is 0.251 e. The number of nitrogens with one attached hydrogen (secondary N) is 2. The fourth-order valence-electron chi connectivity index (χ4n) is 2.83. The average Bonchev–Trinajstić information content (AvgIpc) is 3.19. The molecule has 28 heavy (non-hydrogen) atoms. The van der Waals surface area contributed by atoms with Crippen LogP contribution in [0.25, 0.3) is 0 Å². The average molecular weight is 379 g/mol. The van der Waals surface area contributed by atoms with Gasteiger partial charge in [-0.3, -0.25) is 4.79 Å². The molecule has 1 aliphatic heterocycles. The van der Waals surface area contributed by atoms with Crippen molar-refractivity contribution in [2.75, 3.05) is 12.1 Å². The molecule has 4 rings (SSSR count). The van der Waals surface area contributed by atoms with Crippen molar-refractivity contribution >= 4 is 11.7 Å². The van der Waals surface area contributed by atoms with Gasteiger partial charge in [0.2, 0.25) is 6.79 Å². The lowest BCUT2D eigenvalue weighted by atomic mass is 10.2. The highest BCUT2D eigenvalue weighted by Crippen LogP contribution is 2.32. The largest absolute Gasteiger partial charge is 0.454 e. The third-order valence-corrected chi connectivity index (χ3v) is 4.33. The Kier molecular flexibility index (Phi) is 5.05. The van der Waals surface area contributed by atoms with E-state index in [1.54, 1.807) is 36.5 Å². The lowest BCUT2D eigenvalue weighted by Crippen LogP contribution is -2.23. The van der Waals surface area contributed by atoms with E-state index in [2.05, 4.69) is 15.6 Å². The number of fused-ring (bicyclic) bond motifs is 1. The van der Waals surface area contributed by atoms with E-state index in [0.717, 1.165) is 5.56 Å². The first-order chi connectivity index (χ1) is 13.7. The first-order valence-corrected chi connectivity index (χ1v) is 8.79. The van der Waals surface area contributed by atoms with Crippen LogP contribution in [0.3, 0.4) is 0 Å². The van der Waals surface area contributed by atoms with E-state index in [1.807, 2.05) is 18.2 Å². The lowest BCUT2D eigenvalue weighted by molar-refractivity contribution is 0.0950. The molecule has 0 bridgehead atoms. The molecule has 0 aliphatic carbocycles. The van der Waals surface area contributed by atoms with Crippen molar-refractivity contribution in [1.29, 1.82) is 0 Å². The predicted octanol–water partition coefficient (Wildman–Crippen LogP) is 3.49. The Morgan fingerprint density at radius 3 is 2.79 bits per heavy atom. The minimum atomic E-state index is -0.285. The molecular formula is C21H18FN3O3. The molecule has 0 unspecified atom stereocenters. The van der Waals surface area contributed by atoms with Gasteiger partial charge in [-0.05, 0) is 35.9 Å². The van der Waals surface area contributed by atoms with Crippen molar-refractivity contribution in [1.82, 2.24) is 10.3 Å². The van der Waals surface area contributed by atoms with Crippen molar-refractivity contribution in [2.45, 2.75) is 13.1 Å². The zero-order valence-corrected chi connectivity index (χ0v) is 14.9. The van der Waals surface area contributed by atoms with Gasteiger partial charge in [0.05, 0.1) is 0 Å². The number of anilines is 1. The van der Waals surface area contributed by atoms with E-state index >= 15 is 0 Å². The van der Waals surface area contributed by atoms with Gasteiger partial charge in [-0.25, -0.2) is 9.37 Å². The Morgan fingerprint density at radius 2 is 1.89 bits per heavy atom. The molecular weight excluding hydrogens is 361 g/mol. The summed E-state index contributed by atoms with van der Waals surface area (Å²) in [6.45, 7) is 0.850. The summed E-state index contributed by atoms with van der Waals surface area (Å²) in [5, 5.41) is 5.90. The number of hydrogen-bond acceptors (Lipinski definition) is 5. The van der Waals surface area contributed by atoms with Crippen LogP contribution >= 0.6 is 0 Å². The third kappa shape index (κ3) is 4.03. The maximum atomic E-state index is 13.7. The van der Waals surface area contributed by atoms with E-state index in [-0.39, 0.29) is 25.1 Å². The molecule has 0 spiro atoms. The van der Waals surface area contributed by atoms with E-state index in [0.29, 0.717) is 35.0 Å². The molecule has 1 aromatic heterocycles. The maximum Gasteiger partial charge on any atom is 0.251 e. The maximum absolute atomic E-state index is 13.7. The van der Waals surface area contributed by atoms with E-state index in [4.69, 9.17) is 9.47 Å². The summed E-state index contributed by atoms with van der Waals surface area (Å²) in [6, 6.07) is 15.3. The Balaban J connectivity index is 1.37. The number of rotatable bonds is 6. The summed E-state index contributed by atoms with van der Waals surface area (Å²) in [5.74, 6) is 1.37. The highest BCUT2D eigenvalue weighted by molar-refractivity contribution is 5.94. The molecule has 3 aromatic rings. The Labute approximate surface area is 161 Å². The number of carbonyl (C=O) groups excluding carboxylic acids is 1. The summed E-state index contributed by atoms with van der Waals surface area (Å²) in [4.78, 5) is 16.6. The first-order valence-electron chi connectivity index (χ1n) is 8.79. The number of aromatic nitrogens is 1. The van der Waals surface area contributed by atoms with Gasteiger partial charge in [-0.2, -0.15) is 0 Å². The molecule has 6 nitrogen and oxygen atoms in total. The Hall–Kier alpha value is -3.61. The molecule has 0 saturated carbocycles. The molecule has 0 atom stereocenters. The SMILES string of the molecule is O=C(NCc1ccc2c(c1)OCO2)c1ccnc(NCc2ccccc2F)c1. The molecule has 2 N–H and O–H groups in total. The van der Waals surface area contributed by atoms with Crippen molar-refractivity contribution in [3.8, 4) is 11.5 Å². The number of nitrogens with zero attached hydrogens (tertiary/aromatic N) is 1. The second-order valence-corrected chi connectivity index (χ2v) is 6.25. The van der Waals surface area contributed by atoms with Crippen LogP contribution in [0, 0.1) is 5.82 Å². The van der Waals surface area contributed by atoms with Gasteiger partial charge >= 0.3 is 0 Å². The van der Waals surface area contributed by atoms with Crippen LogP contribution in [0.4, 0.5) is 10.2 Å². The van der Waals surface area contributed by atoms with Crippen molar-refractivity contribution < 1.29 is 18.7 Å². The quantitative estimate of drug-likeness (QED) is 0.686. The first kappa shape index (κ1) is 17.8. The summed E-state index contributed by atoms with van der Waals surface area (Å²) < 4.78 is 24.3. The van der Waals surface area contributed by atoms with Crippen LogP contribution in [-0.4, -0.2) is 17.7 Å². The van der Waals surface area contributed by atoms with Crippen molar-refractivity contribution in [3.05, 3.63) is 83.3 Å². The van der Waals surface area contributed by atoms with Crippen LogP contribution in [0.2, 0.25) is 0 Å². The lowest BCUT2D eigenvalue weighted by Gasteiger charge is -2.09. The number of amides is 1. The fourth-order valence-corrected chi connectivity index (χ4v) is 2.83. The minimum absolute atomic E-state index is 0.213. The van der Waals surface area contributed by atoms with Crippen LogP contribution in [0.1, 0.15) is 21.5 Å². The summed E-state index contributed by atoms with van der Waals surface area (Å²) in [6.07, 6.45) is 1.54. The summed E-state index contributed by atoms with van der Waals surface area (Å²) in [5.41, 5.74) is 1.90. The molecule has 0 saturated heterocycles. The normalized spacial score (nSPS) is 11.9. The van der Waals surface area contributed by atoms with Crippen LogP contribution < -0.4 is 20.1 Å². The van der Waals surface area contributed by atoms with E-state index in [1.165, 1.54) is 6.07 Å². The topological polar surface area (TPSA) is 72.5 Å². The Morgan fingerprint density at radius 1 is 1.04 bits per heavy atom. The predicted molar refractivity (Wildman–Crippen MR) is 102 cm³/mol. The number of carbonyl (C=O) groups is 1. The number of benzene rings is 2. The standard InChI is InChI=1S/C21H18FN3O3/c22-17-4-2-1-3-16(17)12-24-20-10-15(7-8-23-20)21(26)25-11-14-5-6-18-19(9-14)28-13-27-18/h1-10H,11-13H2,(H,23,24)(H,25,26). The van der Waals surface area contributed by atoms with Gasteiger partial charge in [-0.15, -0.1) is 0 Å². The number of halogens is 1. The molecule has 2 aromatic carbocycles. The summed E-state index contributed by atoms with van der Waals surface area (Å²) >= 11 is 0. The summed E-state index contributed by atoms with van der Waals surface area (Å²) in [7, 11) is 0. The molecule has 142 valence electrons. The number of ether oxygens (including phenoxy) is 2. The highest BCUT2D eigenvalue weighted by atomic mass is 19.1.